The van der Waals surface area contributed by atoms with Gasteiger partial charge in [-0.2, -0.15) is 4.68 Å². The number of carbonyl (C=O) groups excluding carboxylic acids is 1. The van der Waals surface area contributed by atoms with Gasteiger partial charge < -0.3 is 5.11 Å². The molecule has 152 valence electrons. The van der Waals surface area contributed by atoms with Crippen LogP contribution >= 0.6 is 23.6 Å². The molecule has 1 aliphatic heterocycles. The summed E-state index contributed by atoms with van der Waals surface area (Å²) in [5.41, 5.74) is 7.09. The largest absolute Gasteiger partial charge is 0.492 e. The lowest BCUT2D eigenvalue weighted by atomic mass is 9.87. The molecule has 1 aliphatic rings. The summed E-state index contributed by atoms with van der Waals surface area (Å²) in [7, 11) is 0. The molecule has 2 aromatic carbocycles. The molecule has 0 spiro atoms. The van der Waals surface area contributed by atoms with Crippen molar-refractivity contribution in [2.45, 2.75) is 26.2 Å². The third-order valence-electron chi connectivity index (χ3n) is 4.88. The molecule has 7 heteroatoms. The van der Waals surface area contributed by atoms with Crippen molar-refractivity contribution in [1.29, 1.82) is 0 Å². The van der Waals surface area contributed by atoms with Crippen LogP contribution in [0.15, 0.2) is 53.5 Å². The van der Waals surface area contributed by atoms with E-state index in [0.717, 1.165) is 22.4 Å². The molecule has 0 saturated heterocycles. The van der Waals surface area contributed by atoms with Crippen molar-refractivity contribution in [1.82, 2.24) is 4.68 Å². The van der Waals surface area contributed by atoms with Gasteiger partial charge in [0.15, 0.2) is 3.95 Å². The van der Waals surface area contributed by atoms with Crippen LogP contribution < -0.4 is 5.43 Å². The van der Waals surface area contributed by atoms with E-state index in [1.807, 2.05) is 42.5 Å². The Hall–Kier alpha value is -3.03. The smallest absolute Gasteiger partial charge is 0.270 e. The fraction of sp³-hybridized carbons (Fsp3) is 0.174. The number of allylic oxidation sites excluding steroid dienone is 1. The van der Waals surface area contributed by atoms with Gasteiger partial charge in [-0.1, -0.05) is 62.4 Å². The van der Waals surface area contributed by atoms with E-state index in [1.165, 1.54) is 16.0 Å². The van der Waals surface area contributed by atoms with E-state index in [-0.39, 0.29) is 17.2 Å². The number of hydrogen-bond donors (Lipinski definition) is 2. The number of aliphatic imine (C=N–C) groups is 1. The van der Waals surface area contributed by atoms with Gasteiger partial charge in [-0.15, -0.1) is 0 Å². The molecule has 5 nitrogen and oxygen atoms in total. The number of amides is 1. The highest BCUT2D eigenvalue weighted by atomic mass is 32.1. The van der Waals surface area contributed by atoms with Crippen molar-refractivity contribution in [3.05, 3.63) is 74.1 Å². The van der Waals surface area contributed by atoms with Crippen LogP contribution in [0.25, 0.3) is 11.6 Å². The summed E-state index contributed by atoms with van der Waals surface area (Å²) in [4.78, 5) is 17.6. The first-order valence-electron chi connectivity index (χ1n) is 9.46. The standard InChI is InChI=1S/C23H21N3O2S2/c1-23(2,3)16-10-8-14(9-11-16)20(27)25-26-21(28)19(30-22(26)29)12-15-13-24-18-7-5-4-6-17(15)18/h4-13,28H,1-3H3,(H,25,27)/b15-12+. The van der Waals surface area contributed by atoms with Gasteiger partial charge in [-0.3, -0.25) is 15.2 Å². The molecule has 0 radical (unpaired) electrons. The second-order valence-corrected chi connectivity index (χ2v) is 9.71. The number of benzene rings is 2. The molecular formula is C23H21N3O2S2. The zero-order chi connectivity index (χ0) is 21.5. The summed E-state index contributed by atoms with van der Waals surface area (Å²) >= 11 is 6.58. The average molecular weight is 436 g/mol. The van der Waals surface area contributed by atoms with E-state index in [9.17, 15) is 9.90 Å². The van der Waals surface area contributed by atoms with Crippen LogP contribution in [0.2, 0.25) is 0 Å². The number of aromatic nitrogens is 1. The third kappa shape index (κ3) is 3.86. The molecule has 1 amide bonds. The van der Waals surface area contributed by atoms with E-state index >= 15 is 0 Å². The Morgan fingerprint density at radius 3 is 2.57 bits per heavy atom. The Balaban J connectivity index is 1.59. The minimum absolute atomic E-state index is 0.00767. The number of aromatic hydroxyl groups is 1. The highest BCUT2D eigenvalue weighted by Crippen LogP contribution is 2.35. The number of hydrogen-bond acceptors (Lipinski definition) is 5. The third-order valence-corrected chi connectivity index (χ3v) is 6.19. The van der Waals surface area contributed by atoms with Gasteiger partial charge in [-0.25, -0.2) is 0 Å². The molecule has 1 aromatic heterocycles. The number of nitrogens with one attached hydrogen (secondary N) is 1. The highest BCUT2D eigenvalue weighted by molar-refractivity contribution is 7.73. The number of para-hydroxylation sites is 1. The minimum Gasteiger partial charge on any atom is -0.492 e. The molecule has 30 heavy (non-hydrogen) atoms. The maximum atomic E-state index is 12.7. The summed E-state index contributed by atoms with van der Waals surface area (Å²) in [5.74, 6) is -0.443. The van der Waals surface area contributed by atoms with Crippen LogP contribution in [0.4, 0.5) is 5.69 Å². The molecule has 0 saturated carbocycles. The Labute approximate surface area is 184 Å². The molecular weight excluding hydrogens is 414 g/mol. The first-order chi connectivity index (χ1) is 14.2. The fourth-order valence-electron chi connectivity index (χ4n) is 3.16. The molecule has 0 atom stereocenters. The Morgan fingerprint density at radius 2 is 1.87 bits per heavy atom. The topological polar surface area (TPSA) is 66.6 Å². The SMILES string of the molecule is CC(C)(C)c1ccc(C(=O)Nn2c(O)c(/C=C3\C=Nc4ccccc43)sc2=S)cc1. The van der Waals surface area contributed by atoms with Gasteiger partial charge in [-0.05, 0) is 47.5 Å². The summed E-state index contributed by atoms with van der Waals surface area (Å²) in [6, 6.07) is 15.2. The summed E-state index contributed by atoms with van der Waals surface area (Å²) in [5, 5.41) is 10.7. The molecule has 4 rings (SSSR count). The molecule has 2 N–H and O–H groups in total. The molecule has 3 aromatic rings. The number of carbonyl (C=O) groups is 1. The second-order valence-electron chi connectivity index (χ2n) is 8.03. The van der Waals surface area contributed by atoms with Crippen molar-refractivity contribution < 1.29 is 9.90 Å². The minimum atomic E-state index is -0.341. The normalized spacial score (nSPS) is 14.2. The second kappa shape index (κ2) is 7.66. The summed E-state index contributed by atoms with van der Waals surface area (Å²) < 4.78 is 1.59. The van der Waals surface area contributed by atoms with Crippen molar-refractivity contribution in [2.75, 3.05) is 5.43 Å². The van der Waals surface area contributed by atoms with Crippen molar-refractivity contribution in [2.24, 2.45) is 4.99 Å². The first-order valence-corrected chi connectivity index (χ1v) is 10.7. The number of thiazole rings is 1. The quantitative estimate of drug-likeness (QED) is 0.502. The lowest BCUT2D eigenvalue weighted by molar-refractivity contribution is 0.101. The number of fused-ring (bicyclic) bond motifs is 1. The Bertz CT molecular complexity index is 1240. The van der Waals surface area contributed by atoms with E-state index in [0.29, 0.717) is 14.4 Å². The highest BCUT2D eigenvalue weighted by Gasteiger charge is 2.18. The molecule has 0 fully saturated rings. The average Bonchev–Trinajstić information content (AvgIpc) is 3.24. The summed E-state index contributed by atoms with van der Waals surface area (Å²) in [6.45, 7) is 6.36. The van der Waals surface area contributed by atoms with Crippen LogP contribution in [-0.4, -0.2) is 21.9 Å². The molecule has 0 bridgehead atoms. The van der Waals surface area contributed by atoms with Gasteiger partial charge >= 0.3 is 0 Å². The van der Waals surface area contributed by atoms with Crippen molar-refractivity contribution >= 4 is 53.0 Å². The zero-order valence-corrected chi connectivity index (χ0v) is 18.5. The van der Waals surface area contributed by atoms with Crippen LogP contribution in [0.1, 0.15) is 47.1 Å². The number of nitrogens with zero attached hydrogens (tertiary/aromatic N) is 2. The van der Waals surface area contributed by atoms with Crippen molar-refractivity contribution in [3.63, 3.8) is 0 Å². The Kier molecular flexibility index (Phi) is 5.17. The van der Waals surface area contributed by atoms with E-state index in [4.69, 9.17) is 12.2 Å². The Morgan fingerprint density at radius 1 is 1.17 bits per heavy atom. The van der Waals surface area contributed by atoms with E-state index in [1.54, 1.807) is 18.3 Å². The molecule has 0 unspecified atom stereocenters. The lowest BCUT2D eigenvalue weighted by Crippen LogP contribution is -2.22. The van der Waals surface area contributed by atoms with Gasteiger partial charge in [0, 0.05) is 22.9 Å². The van der Waals surface area contributed by atoms with Crippen LogP contribution in [0.5, 0.6) is 5.88 Å². The van der Waals surface area contributed by atoms with E-state index in [2.05, 4.69) is 31.2 Å². The van der Waals surface area contributed by atoms with E-state index < -0.39 is 0 Å². The van der Waals surface area contributed by atoms with Crippen molar-refractivity contribution in [3.8, 4) is 5.88 Å². The monoisotopic (exact) mass is 435 g/mol. The van der Waals surface area contributed by atoms with Crippen LogP contribution in [0.3, 0.4) is 0 Å². The van der Waals surface area contributed by atoms with Crippen LogP contribution in [0, 0.1) is 3.95 Å². The number of rotatable bonds is 3. The maximum Gasteiger partial charge on any atom is 0.270 e. The van der Waals surface area contributed by atoms with Crippen LogP contribution in [-0.2, 0) is 5.41 Å². The predicted octanol–water partition coefficient (Wildman–Crippen LogP) is 5.92. The predicted molar refractivity (Wildman–Crippen MR) is 126 cm³/mol. The summed E-state index contributed by atoms with van der Waals surface area (Å²) in [6.07, 6.45) is 3.58. The van der Waals surface area contributed by atoms with Gasteiger partial charge in [0.1, 0.15) is 0 Å². The lowest BCUT2D eigenvalue weighted by Gasteiger charge is -2.19. The molecule has 2 heterocycles. The zero-order valence-electron chi connectivity index (χ0n) is 16.8. The molecule has 0 aliphatic carbocycles. The van der Waals surface area contributed by atoms with Gasteiger partial charge in [0.25, 0.3) is 5.91 Å². The van der Waals surface area contributed by atoms with Gasteiger partial charge in [0.2, 0.25) is 5.88 Å². The first kappa shape index (κ1) is 20.3. The van der Waals surface area contributed by atoms with Gasteiger partial charge in [0.05, 0.1) is 10.6 Å². The maximum absolute atomic E-state index is 12.7. The fourth-order valence-corrected chi connectivity index (χ4v) is 4.34.